The second-order valence-electron chi connectivity index (χ2n) is 5.42. The number of aliphatic imine (C=N–C) groups is 1. The van der Waals surface area contributed by atoms with E-state index in [0.29, 0.717) is 6.54 Å². The fourth-order valence-corrected chi connectivity index (χ4v) is 1.97. The van der Waals surface area contributed by atoms with Crippen molar-refractivity contribution in [2.45, 2.75) is 44.7 Å². The molecule has 0 saturated heterocycles. The van der Waals surface area contributed by atoms with Crippen LogP contribution in [-0.2, 0) is 6.54 Å². The number of guanidine groups is 1. The van der Waals surface area contributed by atoms with Gasteiger partial charge in [-0.3, -0.25) is 0 Å². The number of rotatable bonds is 4. The third kappa shape index (κ3) is 6.53. The van der Waals surface area contributed by atoms with Gasteiger partial charge in [0.05, 0.1) is 6.54 Å². The van der Waals surface area contributed by atoms with E-state index < -0.39 is 0 Å². The van der Waals surface area contributed by atoms with Crippen molar-refractivity contribution in [3.8, 4) is 0 Å². The zero-order valence-corrected chi connectivity index (χ0v) is 13.4. The summed E-state index contributed by atoms with van der Waals surface area (Å²) in [5.41, 5.74) is 1.24. The first-order valence-corrected chi connectivity index (χ1v) is 7.86. The quantitative estimate of drug-likeness (QED) is 0.504. The number of hydrogen-bond acceptors (Lipinski definition) is 2. The zero-order valence-electron chi connectivity index (χ0n) is 12.6. The first-order valence-electron chi connectivity index (χ1n) is 6.64. The van der Waals surface area contributed by atoms with Crippen molar-refractivity contribution >= 4 is 17.7 Å². The van der Waals surface area contributed by atoms with Gasteiger partial charge in [0.2, 0.25) is 0 Å². The fourth-order valence-electron chi connectivity index (χ4n) is 1.56. The molecule has 0 bridgehead atoms. The van der Waals surface area contributed by atoms with Gasteiger partial charge < -0.3 is 10.6 Å². The summed E-state index contributed by atoms with van der Waals surface area (Å²) >= 11 is 1.76. The molecule has 0 aromatic heterocycles. The van der Waals surface area contributed by atoms with Crippen molar-refractivity contribution in [2.24, 2.45) is 4.99 Å². The van der Waals surface area contributed by atoms with Gasteiger partial charge in [0.15, 0.2) is 5.96 Å². The van der Waals surface area contributed by atoms with Crippen LogP contribution in [0.2, 0.25) is 0 Å². The molecule has 3 nitrogen and oxygen atoms in total. The lowest BCUT2D eigenvalue weighted by Crippen LogP contribution is -2.47. The summed E-state index contributed by atoms with van der Waals surface area (Å²) in [6.45, 7) is 10.0. The Balaban J connectivity index is 2.68. The van der Waals surface area contributed by atoms with Gasteiger partial charge in [-0.25, -0.2) is 4.99 Å². The highest BCUT2D eigenvalue weighted by Gasteiger charge is 2.11. The average molecular weight is 279 g/mol. The Kier molecular flexibility index (Phi) is 6.22. The molecule has 2 N–H and O–H groups in total. The Labute approximate surface area is 121 Å². The highest BCUT2D eigenvalue weighted by Crippen LogP contribution is 2.15. The molecule has 0 aliphatic heterocycles. The van der Waals surface area contributed by atoms with Crippen LogP contribution in [0.1, 0.15) is 33.3 Å². The van der Waals surface area contributed by atoms with E-state index in [0.717, 1.165) is 12.5 Å². The van der Waals surface area contributed by atoms with Crippen molar-refractivity contribution in [3.05, 3.63) is 29.8 Å². The van der Waals surface area contributed by atoms with Gasteiger partial charge in [-0.05, 0) is 51.6 Å². The summed E-state index contributed by atoms with van der Waals surface area (Å²) in [4.78, 5) is 5.90. The molecule has 1 aromatic carbocycles. The lowest BCUT2D eigenvalue weighted by molar-refractivity contribution is 0.501. The van der Waals surface area contributed by atoms with Crippen molar-refractivity contribution in [3.63, 3.8) is 0 Å². The van der Waals surface area contributed by atoms with Crippen LogP contribution in [0.5, 0.6) is 0 Å². The summed E-state index contributed by atoms with van der Waals surface area (Å²) in [5.74, 6) is 0.865. The summed E-state index contributed by atoms with van der Waals surface area (Å²) in [6.07, 6.45) is 2.09. The van der Waals surface area contributed by atoms with E-state index in [2.05, 4.69) is 73.8 Å². The van der Waals surface area contributed by atoms with Crippen molar-refractivity contribution in [1.29, 1.82) is 0 Å². The second-order valence-corrected chi connectivity index (χ2v) is 6.30. The molecule has 0 radical (unpaired) electrons. The molecule has 0 aliphatic carbocycles. The topological polar surface area (TPSA) is 36.4 Å². The van der Waals surface area contributed by atoms with E-state index in [1.165, 1.54) is 10.5 Å². The first-order chi connectivity index (χ1) is 8.94. The highest BCUT2D eigenvalue weighted by atomic mass is 32.2. The van der Waals surface area contributed by atoms with Crippen LogP contribution < -0.4 is 10.6 Å². The smallest absolute Gasteiger partial charge is 0.191 e. The molecule has 0 spiro atoms. The number of nitrogens with one attached hydrogen (secondary N) is 2. The van der Waals surface area contributed by atoms with Gasteiger partial charge in [0.25, 0.3) is 0 Å². The van der Waals surface area contributed by atoms with Crippen LogP contribution in [0.25, 0.3) is 0 Å². The minimum absolute atomic E-state index is 0.0176. The van der Waals surface area contributed by atoms with Gasteiger partial charge in [0, 0.05) is 17.0 Å². The lowest BCUT2D eigenvalue weighted by atomic mass is 10.1. The van der Waals surface area contributed by atoms with Gasteiger partial charge in [-0.15, -0.1) is 11.8 Å². The number of hydrogen-bond donors (Lipinski definition) is 2. The SMILES string of the molecule is CCNC(=NCc1ccc(SC)cc1)NC(C)(C)C. The van der Waals surface area contributed by atoms with Gasteiger partial charge >= 0.3 is 0 Å². The monoisotopic (exact) mass is 279 g/mol. The molecule has 106 valence electrons. The third-order valence-electron chi connectivity index (χ3n) is 2.42. The molecule has 4 heteroatoms. The van der Waals surface area contributed by atoms with Crippen LogP contribution >= 0.6 is 11.8 Å². The largest absolute Gasteiger partial charge is 0.357 e. The van der Waals surface area contributed by atoms with Crippen LogP contribution in [0.4, 0.5) is 0 Å². The third-order valence-corrected chi connectivity index (χ3v) is 3.16. The summed E-state index contributed by atoms with van der Waals surface area (Å²) in [7, 11) is 0. The van der Waals surface area contributed by atoms with Crippen LogP contribution in [0.3, 0.4) is 0 Å². The first kappa shape index (κ1) is 15.9. The molecule has 0 aliphatic rings. The molecule has 0 saturated carbocycles. The Morgan fingerprint density at radius 1 is 1.21 bits per heavy atom. The highest BCUT2D eigenvalue weighted by molar-refractivity contribution is 7.98. The number of thioether (sulfide) groups is 1. The molecule has 19 heavy (non-hydrogen) atoms. The Morgan fingerprint density at radius 3 is 2.32 bits per heavy atom. The van der Waals surface area contributed by atoms with Gasteiger partial charge in [-0.1, -0.05) is 12.1 Å². The fraction of sp³-hybridized carbons (Fsp3) is 0.533. The number of benzene rings is 1. The molecule has 0 unspecified atom stereocenters. The minimum atomic E-state index is 0.0176. The molecule has 0 atom stereocenters. The maximum atomic E-state index is 4.61. The van der Waals surface area contributed by atoms with E-state index >= 15 is 0 Å². The zero-order chi connectivity index (χ0) is 14.3. The van der Waals surface area contributed by atoms with E-state index in [9.17, 15) is 0 Å². The average Bonchev–Trinajstić information content (AvgIpc) is 2.35. The van der Waals surface area contributed by atoms with Crippen molar-refractivity contribution in [1.82, 2.24) is 10.6 Å². The normalized spacial score (nSPS) is 12.4. The Bertz CT molecular complexity index is 404. The molecule has 0 heterocycles. The standard InChI is InChI=1S/C15H25N3S/c1-6-16-14(18-15(2,3)4)17-11-12-7-9-13(19-5)10-8-12/h7-10H,6,11H2,1-5H3,(H2,16,17,18). The number of nitrogens with zero attached hydrogens (tertiary/aromatic N) is 1. The second kappa shape index (κ2) is 7.43. The lowest BCUT2D eigenvalue weighted by Gasteiger charge is -2.23. The van der Waals surface area contributed by atoms with Gasteiger partial charge in [-0.2, -0.15) is 0 Å². The van der Waals surface area contributed by atoms with E-state index in [1.54, 1.807) is 11.8 Å². The maximum Gasteiger partial charge on any atom is 0.191 e. The van der Waals surface area contributed by atoms with Crippen LogP contribution in [-0.4, -0.2) is 24.3 Å². The van der Waals surface area contributed by atoms with E-state index in [1.807, 2.05) is 0 Å². The summed E-state index contributed by atoms with van der Waals surface area (Å²) in [6, 6.07) is 8.55. The predicted octanol–water partition coefficient (Wildman–Crippen LogP) is 3.26. The van der Waals surface area contributed by atoms with Gasteiger partial charge in [0.1, 0.15) is 0 Å². The van der Waals surface area contributed by atoms with Crippen LogP contribution in [0, 0.1) is 0 Å². The maximum absolute atomic E-state index is 4.61. The molecule has 0 amide bonds. The minimum Gasteiger partial charge on any atom is -0.357 e. The van der Waals surface area contributed by atoms with Crippen molar-refractivity contribution < 1.29 is 0 Å². The molecule has 1 rings (SSSR count). The molecule has 1 aromatic rings. The van der Waals surface area contributed by atoms with E-state index in [-0.39, 0.29) is 5.54 Å². The summed E-state index contributed by atoms with van der Waals surface area (Å²) in [5, 5.41) is 6.65. The Morgan fingerprint density at radius 2 is 1.84 bits per heavy atom. The van der Waals surface area contributed by atoms with E-state index in [4.69, 9.17) is 0 Å². The van der Waals surface area contributed by atoms with Crippen LogP contribution in [0.15, 0.2) is 34.2 Å². The Hall–Kier alpha value is -1.16. The summed E-state index contributed by atoms with van der Waals surface area (Å²) < 4.78 is 0. The predicted molar refractivity (Wildman–Crippen MR) is 85.9 cm³/mol. The molecular weight excluding hydrogens is 254 g/mol. The molecular formula is C15H25N3S. The molecule has 0 fully saturated rings. The van der Waals surface area contributed by atoms with Crippen molar-refractivity contribution in [2.75, 3.05) is 12.8 Å².